The minimum absolute atomic E-state index is 0. The Morgan fingerprint density at radius 3 is 1.69 bits per heavy atom. The molecule has 0 fully saturated rings. The van der Waals surface area contributed by atoms with Gasteiger partial charge in [-0.1, -0.05) is 48.9 Å². The first-order valence-electron chi connectivity index (χ1n) is 5.46. The van der Waals surface area contributed by atoms with Crippen LogP contribution < -0.4 is 24.0 Å². The third-order valence-electron chi connectivity index (χ3n) is 3.46. The van der Waals surface area contributed by atoms with Gasteiger partial charge >= 0.3 is 18.9 Å². The number of halogens is 2. The van der Waals surface area contributed by atoms with Gasteiger partial charge in [-0.2, -0.15) is 41.4 Å². The zero-order valence-electron chi connectivity index (χ0n) is 10.5. The van der Waals surface area contributed by atoms with Crippen molar-refractivity contribution in [3.05, 3.63) is 28.2 Å². The van der Waals surface area contributed by atoms with Crippen LogP contribution in [0.3, 0.4) is 0 Å². The van der Waals surface area contributed by atoms with E-state index in [1.807, 2.05) is 12.1 Å². The summed E-state index contributed by atoms with van der Waals surface area (Å²) in [4.78, 5) is 0. The van der Waals surface area contributed by atoms with Crippen LogP contribution in [0.5, 0.6) is 0 Å². The van der Waals surface area contributed by atoms with Crippen molar-refractivity contribution in [3.63, 3.8) is 0 Å². The molecule has 0 saturated heterocycles. The van der Waals surface area contributed by atoms with Gasteiger partial charge < -0.3 is 0 Å². The van der Waals surface area contributed by atoms with Gasteiger partial charge in [0.15, 0.2) is 0 Å². The Morgan fingerprint density at radius 1 is 1.00 bits per heavy atom. The maximum Gasteiger partial charge on any atom is 1.00 e. The Kier molecular flexibility index (Phi) is 7.41. The molecule has 0 bridgehead atoms. The van der Waals surface area contributed by atoms with E-state index in [0.717, 1.165) is 10.0 Å². The monoisotopic (exact) mass is 266 g/mol. The molecule has 0 spiro atoms. The second kappa shape index (κ2) is 7.14. The molecule has 0 amide bonds. The van der Waals surface area contributed by atoms with Crippen molar-refractivity contribution < 1.29 is 18.9 Å². The quantitative estimate of drug-likeness (QED) is 0.573. The summed E-state index contributed by atoms with van der Waals surface area (Å²) in [7, 11) is -1.47. The number of benzene rings is 1. The van der Waals surface area contributed by atoms with Crippen LogP contribution in [-0.2, 0) is 0 Å². The summed E-state index contributed by atoms with van der Waals surface area (Å²) in [5, 5.41) is 2.84. The predicted molar refractivity (Wildman–Crippen MR) is 72.1 cm³/mol. The topological polar surface area (TPSA) is 0 Å². The van der Waals surface area contributed by atoms with Gasteiger partial charge in [0.1, 0.15) is 0 Å². The molecule has 0 aliphatic carbocycles. The Hall–Kier alpha value is 0.614. The SMILES string of the molecule is CC[Si](CC)(CC)c1c(Cl)c[c-]cc1Cl.[Li+]. The molecule has 1 aromatic carbocycles. The second-order valence-corrected chi connectivity index (χ2v) is 9.86. The zero-order chi connectivity index (χ0) is 11.5. The maximum absolute atomic E-state index is 6.27. The van der Waals surface area contributed by atoms with Crippen molar-refractivity contribution in [2.45, 2.75) is 38.9 Å². The Labute approximate surface area is 122 Å². The van der Waals surface area contributed by atoms with E-state index in [1.165, 1.54) is 23.3 Å². The molecular weight excluding hydrogens is 250 g/mol. The third kappa shape index (κ3) is 3.09. The van der Waals surface area contributed by atoms with Crippen molar-refractivity contribution >= 4 is 36.5 Å². The maximum atomic E-state index is 6.27. The molecule has 0 heterocycles. The standard InChI is InChI=1S/C12H17Cl2Si.Li/c1-4-15(5-2,6-3)12-10(13)8-7-9-11(12)14;/h8-9H,4-6H2,1-3H3;/q-1;+1. The van der Waals surface area contributed by atoms with E-state index in [4.69, 9.17) is 23.2 Å². The van der Waals surface area contributed by atoms with E-state index >= 15 is 0 Å². The van der Waals surface area contributed by atoms with Gasteiger partial charge in [0.25, 0.3) is 0 Å². The molecule has 0 saturated carbocycles. The predicted octanol–water partition coefficient (Wildman–Crippen LogP) is 1.51. The number of hydrogen-bond acceptors (Lipinski definition) is 0. The molecule has 1 rings (SSSR count). The summed E-state index contributed by atoms with van der Waals surface area (Å²) in [6.07, 6.45) is 0. The normalized spacial score (nSPS) is 11.1. The summed E-state index contributed by atoms with van der Waals surface area (Å²) < 4.78 is 0. The minimum Gasteiger partial charge on any atom is -0.181 e. The van der Waals surface area contributed by atoms with E-state index in [-0.39, 0.29) is 18.9 Å². The van der Waals surface area contributed by atoms with Crippen LogP contribution in [-0.4, -0.2) is 8.07 Å². The van der Waals surface area contributed by atoms with Crippen LogP contribution in [0.4, 0.5) is 0 Å². The molecule has 0 aliphatic heterocycles. The van der Waals surface area contributed by atoms with E-state index in [0.29, 0.717) is 0 Å². The van der Waals surface area contributed by atoms with E-state index in [2.05, 4.69) is 26.8 Å². The van der Waals surface area contributed by atoms with Crippen LogP contribution in [0.15, 0.2) is 12.1 Å². The minimum atomic E-state index is -1.47. The summed E-state index contributed by atoms with van der Waals surface area (Å²) in [6, 6.07) is 10.2. The fourth-order valence-corrected chi connectivity index (χ4v) is 7.53. The molecule has 0 radical (unpaired) electrons. The Bertz CT molecular complexity index is 309. The van der Waals surface area contributed by atoms with Crippen LogP contribution >= 0.6 is 23.2 Å². The largest absolute Gasteiger partial charge is 1.00 e. The van der Waals surface area contributed by atoms with Gasteiger partial charge in [0, 0.05) is 0 Å². The fourth-order valence-electron chi connectivity index (χ4n) is 2.23. The summed E-state index contributed by atoms with van der Waals surface area (Å²) >= 11 is 12.5. The van der Waals surface area contributed by atoms with Gasteiger partial charge in [-0.25, -0.2) is 0 Å². The first-order valence-corrected chi connectivity index (χ1v) is 8.84. The van der Waals surface area contributed by atoms with Gasteiger partial charge in [-0.3, -0.25) is 0 Å². The van der Waals surface area contributed by atoms with E-state index in [1.54, 1.807) is 0 Å². The second-order valence-electron chi connectivity index (χ2n) is 3.87. The van der Waals surface area contributed by atoms with Crippen LogP contribution in [0.1, 0.15) is 20.8 Å². The molecule has 84 valence electrons. The van der Waals surface area contributed by atoms with Gasteiger partial charge in [0.2, 0.25) is 0 Å². The van der Waals surface area contributed by atoms with E-state index < -0.39 is 8.07 Å². The molecular formula is C12H17Cl2LiSi. The Balaban J connectivity index is 0.00000225. The molecule has 0 nitrogen and oxygen atoms in total. The Morgan fingerprint density at radius 2 is 1.38 bits per heavy atom. The molecule has 16 heavy (non-hydrogen) atoms. The molecule has 0 aromatic heterocycles. The van der Waals surface area contributed by atoms with Crippen molar-refractivity contribution in [2.24, 2.45) is 0 Å². The van der Waals surface area contributed by atoms with Gasteiger partial charge in [-0.05, 0) is 0 Å². The molecule has 0 N–H and O–H groups in total. The third-order valence-corrected chi connectivity index (χ3v) is 10.0. The van der Waals surface area contributed by atoms with Crippen LogP contribution in [0.25, 0.3) is 0 Å². The fraction of sp³-hybridized carbons (Fsp3) is 0.500. The first kappa shape index (κ1) is 16.6. The average molecular weight is 267 g/mol. The van der Waals surface area contributed by atoms with E-state index in [9.17, 15) is 0 Å². The first-order chi connectivity index (χ1) is 7.11. The van der Waals surface area contributed by atoms with Crippen LogP contribution in [0, 0.1) is 6.07 Å². The van der Waals surface area contributed by atoms with Crippen molar-refractivity contribution in [1.82, 2.24) is 0 Å². The molecule has 1 aromatic rings. The summed E-state index contributed by atoms with van der Waals surface area (Å²) in [5.41, 5.74) is 0. The average Bonchev–Trinajstić information content (AvgIpc) is 2.24. The molecule has 4 heteroatoms. The molecule has 0 atom stereocenters. The molecule has 0 unspecified atom stereocenters. The van der Waals surface area contributed by atoms with Crippen molar-refractivity contribution in [2.75, 3.05) is 0 Å². The van der Waals surface area contributed by atoms with Crippen molar-refractivity contribution in [1.29, 1.82) is 0 Å². The molecule has 0 aliphatic rings. The van der Waals surface area contributed by atoms with Gasteiger partial charge in [0.05, 0.1) is 8.07 Å². The summed E-state index contributed by atoms with van der Waals surface area (Å²) in [5.74, 6) is 0. The van der Waals surface area contributed by atoms with Crippen LogP contribution in [0.2, 0.25) is 28.2 Å². The smallest absolute Gasteiger partial charge is 0.181 e. The summed E-state index contributed by atoms with van der Waals surface area (Å²) in [6.45, 7) is 6.76. The van der Waals surface area contributed by atoms with Gasteiger partial charge in [-0.15, -0.1) is 5.19 Å². The zero-order valence-corrected chi connectivity index (χ0v) is 13.0. The van der Waals surface area contributed by atoms with Crippen molar-refractivity contribution in [3.8, 4) is 0 Å². The number of hydrogen-bond donors (Lipinski definition) is 0. The number of rotatable bonds is 4.